The molecule has 59 heavy (non-hydrogen) atoms. The fourth-order valence-electron chi connectivity index (χ4n) is 7.95. The molecular weight excluding hydrogens is 777 g/mol. The number of nitrogens with one attached hydrogen (secondary N) is 2. The average Bonchev–Trinajstić information content (AvgIpc) is 3.19. The SMILES string of the molecule is CC[C@H](C)[C@H](N)C(=O)NCc1cc(Oc2cccc3ccccc23)c(C(=O)C(CC(O)C(N)C(C(=O)[C@@H](NC(C)=O)[C@@H](C)OP(=O)(O)O)C2CCCCC2)C(C)C)cn1. The molecule has 1 fully saturated rings. The first kappa shape index (κ1) is 47.6. The Bertz CT molecular complexity index is 1960. The quantitative estimate of drug-likeness (QED) is 0.0531. The number of nitrogens with zero attached hydrogens (tertiary/aromatic N) is 1. The average molecular weight is 840 g/mol. The molecule has 1 aliphatic rings. The van der Waals surface area contributed by atoms with Crippen molar-refractivity contribution >= 4 is 42.0 Å². The van der Waals surface area contributed by atoms with E-state index in [1.807, 2.05) is 64.1 Å². The highest BCUT2D eigenvalue weighted by Crippen LogP contribution is 2.41. The first-order chi connectivity index (χ1) is 27.8. The summed E-state index contributed by atoms with van der Waals surface area (Å²) in [5.74, 6) is -3.82. The number of hydrogen-bond donors (Lipinski definition) is 7. The van der Waals surface area contributed by atoms with E-state index in [2.05, 4.69) is 15.6 Å². The van der Waals surface area contributed by atoms with Gasteiger partial charge in [0.05, 0.1) is 36.1 Å². The monoisotopic (exact) mass is 839 g/mol. The highest BCUT2D eigenvalue weighted by molar-refractivity contribution is 7.46. The number of benzene rings is 2. The maximum Gasteiger partial charge on any atom is 0.469 e. The number of aliphatic hydroxyl groups excluding tert-OH is 1. The molecule has 9 N–H and O–H groups in total. The predicted molar refractivity (Wildman–Crippen MR) is 224 cm³/mol. The minimum Gasteiger partial charge on any atom is -0.456 e. The van der Waals surface area contributed by atoms with E-state index in [1.54, 1.807) is 12.1 Å². The molecule has 1 aromatic heterocycles. The third-order valence-corrected chi connectivity index (χ3v) is 12.2. The molecule has 16 heteroatoms. The Morgan fingerprint density at radius 2 is 1.63 bits per heavy atom. The zero-order valence-corrected chi connectivity index (χ0v) is 35.8. The fraction of sp³-hybridized carbons (Fsp3) is 0.558. The second kappa shape index (κ2) is 21.4. The minimum atomic E-state index is -5.05. The second-order valence-electron chi connectivity index (χ2n) is 16.3. The summed E-state index contributed by atoms with van der Waals surface area (Å²) in [7, 11) is -5.05. The van der Waals surface area contributed by atoms with Crippen molar-refractivity contribution in [2.45, 2.75) is 123 Å². The van der Waals surface area contributed by atoms with Crippen LogP contribution in [0.5, 0.6) is 11.5 Å². The van der Waals surface area contributed by atoms with E-state index in [1.165, 1.54) is 20.0 Å². The Balaban J connectivity index is 1.69. The van der Waals surface area contributed by atoms with Crippen LogP contribution in [0.4, 0.5) is 0 Å². The molecule has 324 valence electrons. The molecule has 0 aliphatic heterocycles. The van der Waals surface area contributed by atoms with Gasteiger partial charge in [-0.1, -0.05) is 89.8 Å². The van der Waals surface area contributed by atoms with Gasteiger partial charge >= 0.3 is 7.82 Å². The number of nitrogens with two attached hydrogens (primary N) is 2. The third kappa shape index (κ3) is 13.0. The smallest absolute Gasteiger partial charge is 0.456 e. The van der Waals surface area contributed by atoms with Gasteiger partial charge in [0.1, 0.15) is 17.5 Å². The minimum absolute atomic E-state index is 0.0262. The number of aromatic nitrogens is 1. The summed E-state index contributed by atoms with van der Waals surface area (Å²) < 4.78 is 23.1. The molecule has 1 heterocycles. The van der Waals surface area contributed by atoms with Gasteiger partial charge in [0, 0.05) is 42.5 Å². The van der Waals surface area contributed by atoms with E-state index in [4.69, 9.17) is 20.7 Å². The molecule has 0 spiro atoms. The maximum absolute atomic E-state index is 14.7. The molecule has 2 aromatic carbocycles. The zero-order valence-electron chi connectivity index (χ0n) is 34.9. The van der Waals surface area contributed by atoms with Crippen molar-refractivity contribution in [2.24, 2.45) is 41.1 Å². The Hall–Kier alpha value is -4.08. The van der Waals surface area contributed by atoms with Gasteiger partial charge in [-0.25, -0.2) is 4.57 Å². The van der Waals surface area contributed by atoms with Gasteiger partial charge in [-0.2, -0.15) is 0 Å². The van der Waals surface area contributed by atoms with Gasteiger partial charge in [-0.15, -0.1) is 0 Å². The Morgan fingerprint density at radius 1 is 0.966 bits per heavy atom. The van der Waals surface area contributed by atoms with Crippen LogP contribution < -0.4 is 26.8 Å². The van der Waals surface area contributed by atoms with E-state index in [0.717, 1.165) is 36.5 Å². The number of pyridine rings is 1. The summed E-state index contributed by atoms with van der Waals surface area (Å²) in [4.78, 5) is 77.7. The lowest BCUT2D eigenvalue weighted by Gasteiger charge is -2.39. The Kier molecular flexibility index (Phi) is 17.3. The van der Waals surface area contributed by atoms with Crippen LogP contribution >= 0.6 is 7.82 Å². The van der Waals surface area contributed by atoms with Crippen molar-refractivity contribution in [1.29, 1.82) is 0 Å². The van der Waals surface area contributed by atoms with Gasteiger partial charge in [-0.3, -0.25) is 28.7 Å². The van der Waals surface area contributed by atoms with Crippen LogP contribution in [-0.2, 0) is 30.0 Å². The Morgan fingerprint density at radius 3 is 2.25 bits per heavy atom. The van der Waals surface area contributed by atoms with Gasteiger partial charge in [0.15, 0.2) is 11.6 Å². The third-order valence-electron chi connectivity index (χ3n) is 11.6. The summed E-state index contributed by atoms with van der Waals surface area (Å²) in [5.41, 5.74) is 13.5. The van der Waals surface area contributed by atoms with Gasteiger partial charge < -0.3 is 41.7 Å². The number of carbonyl (C=O) groups excluding carboxylic acids is 4. The summed E-state index contributed by atoms with van der Waals surface area (Å²) in [6, 6.07) is 11.4. The molecule has 0 bridgehead atoms. The summed E-state index contributed by atoms with van der Waals surface area (Å²) >= 11 is 0. The van der Waals surface area contributed by atoms with Crippen molar-refractivity contribution in [1.82, 2.24) is 15.6 Å². The van der Waals surface area contributed by atoms with Crippen LogP contribution in [0.15, 0.2) is 54.7 Å². The van der Waals surface area contributed by atoms with Gasteiger partial charge in [-0.05, 0) is 55.4 Å². The normalized spacial score (nSPS) is 17.9. The summed E-state index contributed by atoms with van der Waals surface area (Å²) in [5, 5.41) is 18.9. The van der Waals surface area contributed by atoms with Crippen LogP contribution in [0.3, 0.4) is 0 Å². The lowest BCUT2D eigenvalue weighted by atomic mass is 9.70. The molecule has 4 unspecified atom stereocenters. The number of phosphoric ester groups is 1. The molecule has 4 rings (SSSR count). The van der Waals surface area contributed by atoms with Gasteiger partial charge in [0.25, 0.3) is 0 Å². The number of carbonyl (C=O) groups is 4. The predicted octanol–water partition coefficient (Wildman–Crippen LogP) is 5.32. The second-order valence-corrected chi connectivity index (χ2v) is 17.5. The molecular formula is C43H62N5O10P. The first-order valence-corrected chi connectivity index (χ1v) is 22.1. The number of ketones is 2. The highest BCUT2D eigenvalue weighted by atomic mass is 31.2. The number of phosphoric acid groups is 1. The molecule has 15 nitrogen and oxygen atoms in total. The number of amides is 2. The van der Waals surface area contributed by atoms with E-state index >= 15 is 0 Å². The molecule has 1 aliphatic carbocycles. The first-order valence-electron chi connectivity index (χ1n) is 20.5. The largest absolute Gasteiger partial charge is 0.469 e. The lowest BCUT2D eigenvalue weighted by Crippen LogP contribution is -2.57. The molecule has 0 radical (unpaired) electrons. The molecule has 3 aromatic rings. The van der Waals surface area contributed by atoms with Crippen LogP contribution in [0.25, 0.3) is 10.8 Å². The topological polar surface area (TPSA) is 253 Å². The summed E-state index contributed by atoms with van der Waals surface area (Å²) in [6.07, 6.45) is 2.95. The number of fused-ring (bicyclic) bond motifs is 1. The fourth-order valence-corrected chi connectivity index (χ4v) is 8.50. The molecule has 2 amide bonds. The van der Waals surface area contributed by atoms with Crippen LogP contribution in [0, 0.1) is 29.6 Å². The van der Waals surface area contributed by atoms with Crippen molar-refractivity contribution in [3.05, 3.63) is 66.0 Å². The number of ether oxygens (including phenoxy) is 1. The van der Waals surface area contributed by atoms with E-state index in [-0.39, 0.29) is 53.7 Å². The standard InChI is InChI=1S/C43H62N5O10P/c1-7-25(4)38(44)43(53)47-22-30-20-36(57-35-19-13-17-28-14-11-12-18-31(28)35)33(23-46-30)41(51)32(24(2)3)21-34(50)39(45)37(29-15-9-8-10-16-29)42(52)40(48-27(6)49)26(5)58-59(54,55)56/h11-14,17-20,23-26,29,32,34,37-40,50H,7-10,15-16,21-22,44-45H2,1-6H3,(H,47,53)(H,48,49)(H2,54,55,56)/t25-,26+,32?,34?,37?,38-,39?,40-/m0/s1. The van der Waals surface area contributed by atoms with Crippen molar-refractivity contribution < 1.29 is 47.9 Å². The zero-order chi connectivity index (χ0) is 43.6. The summed E-state index contributed by atoms with van der Waals surface area (Å²) in [6.45, 7) is 10.00. The van der Waals surface area contributed by atoms with E-state index < -0.39 is 61.7 Å². The highest BCUT2D eigenvalue weighted by Gasteiger charge is 2.44. The molecule has 1 saturated carbocycles. The lowest BCUT2D eigenvalue weighted by molar-refractivity contribution is -0.135. The van der Waals surface area contributed by atoms with Crippen LogP contribution in [0.1, 0.15) is 103 Å². The van der Waals surface area contributed by atoms with E-state index in [9.17, 15) is 38.6 Å². The maximum atomic E-state index is 14.7. The van der Waals surface area contributed by atoms with Gasteiger partial charge in [0.2, 0.25) is 11.8 Å². The number of Topliss-reactive ketones (excluding diaryl/α,β-unsaturated/α-hetero) is 2. The van der Waals surface area contributed by atoms with Crippen LogP contribution in [-0.4, -0.2) is 73.6 Å². The number of hydrogen-bond acceptors (Lipinski definition) is 11. The molecule has 8 atom stereocenters. The molecule has 0 saturated heterocycles. The van der Waals surface area contributed by atoms with E-state index in [0.29, 0.717) is 24.3 Å². The Labute approximate surface area is 346 Å². The number of aliphatic hydroxyl groups is 1. The van der Waals surface area contributed by atoms with Crippen LogP contribution in [0.2, 0.25) is 0 Å². The number of rotatable bonds is 21. The van der Waals surface area contributed by atoms with Crippen molar-refractivity contribution in [3.63, 3.8) is 0 Å². The van der Waals surface area contributed by atoms with Crippen molar-refractivity contribution in [3.8, 4) is 11.5 Å². The van der Waals surface area contributed by atoms with Crippen molar-refractivity contribution in [2.75, 3.05) is 0 Å².